The first kappa shape index (κ1) is 12.0. The molecule has 3 nitrogen and oxygen atoms in total. The molecule has 1 aromatic heterocycles. The van der Waals surface area contributed by atoms with Crippen molar-refractivity contribution < 1.29 is 4.42 Å². The number of hydrogen-bond donors (Lipinski definition) is 1. The number of rotatable bonds is 4. The van der Waals surface area contributed by atoms with Crippen molar-refractivity contribution >= 4 is 0 Å². The third-order valence-electron chi connectivity index (χ3n) is 5.79. The topological polar surface area (TPSA) is 52.0 Å². The average molecular weight is 260 g/mol. The minimum Gasteiger partial charge on any atom is -0.448 e. The fourth-order valence-corrected chi connectivity index (χ4v) is 5.54. The molecule has 4 aliphatic carbocycles. The van der Waals surface area contributed by atoms with E-state index < -0.39 is 0 Å². The van der Waals surface area contributed by atoms with Crippen LogP contribution in [0, 0.1) is 17.8 Å². The predicted molar refractivity (Wildman–Crippen MR) is 73.7 cm³/mol. The molecule has 4 fully saturated rings. The van der Waals surface area contributed by atoms with E-state index in [1.165, 1.54) is 44.2 Å². The normalized spacial score (nSPS) is 39.9. The minimum absolute atomic E-state index is 0.367. The molecular formula is C16H24N2O. The fraction of sp³-hybridized carbons (Fsp3) is 0.812. The number of aryl methyl sites for hydroxylation is 1. The number of aromatic nitrogens is 1. The van der Waals surface area contributed by atoms with Crippen molar-refractivity contribution in [1.82, 2.24) is 4.98 Å². The molecule has 4 bridgehead atoms. The van der Waals surface area contributed by atoms with Gasteiger partial charge in [-0.2, -0.15) is 0 Å². The Morgan fingerprint density at radius 2 is 1.79 bits per heavy atom. The van der Waals surface area contributed by atoms with Crippen LogP contribution < -0.4 is 5.73 Å². The molecule has 3 heteroatoms. The Balaban J connectivity index is 1.66. The van der Waals surface area contributed by atoms with Crippen molar-refractivity contribution in [2.45, 2.75) is 56.8 Å². The van der Waals surface area contributed by atoms with Crippen LogP contribution in [0.4, 0.5) is 0 Å². The number of hydrogen-bond acceptors (Lipinski definition) is 3. The van der Waals surface area contributed by atoms with E-state index in [0.29, 0.717) is 5.41 Å². The average Bonchev–Trinajstić information content (AvgIpc) is 2.83. The number of nitrogens with two attached hydrogens (primary N) is 1. The summed E-state index contributed by atoms with van der Waals surface area (Å²) in [6, 6.07) is 0. The standard InChI is InChI=1S/C16H24N2O/c17-3-1-2-14-15(18-10-19-14)16-7-11-4-12(8-16)6-13(5-11)9-16/h10-13H,1-9,17H2. The van der Waals surface area contributed by atoms with Crippen molar-refractivity contribution in [3.05, 3.63) is 17.8 Å². The summed E-state index contributed by atoms with van der Waals surface area (Å²) in [5.74, 6) is 4.02. The van der Waals surface area contributed by atoms with E-state index in [0.717, 1.165) is 42.9 Å². The maximum atomic E-state index is 5.69. The van der Waals surface area contributed by atoms with E-state index in [2.05, 4.69) is 4.98 Å². The Hall–Kier alpha value is -0.830. The van der Waals surface area contributed by atoms with Crippen molar-refractivity contribution in [2.24, 2.45) is 23.5 Å². The molecule has 19 heavy (non-hydrogen) atoms. The molecule has 1 aromatic rings. The SMILES string of the molecule is NCCCc1ocnc1C12CC3CC(CC(C3)C1)C2. The third-order valence-corrected chi connectivity index (χ3v) is 5.79. The Kier molecular flexibility index (Phi) is 2.73. The van der Waals surface area contributed by atoms with Crippen molar-refractivity contribution in [3.63, 3.8) is 0 Å². The smallest absolute Gasteiger partial charge is 0.181 e. The molecule has 0 unspecified atom stereocenters. The van der Waals surface area contributed by atoms with Gasteiger partial charge in [-0.25, -0.2) is 4.98 Å². The van der Waals surface area contributed by atoms with Crippen LogP contribution in [0.25, 0.3) is 0 Å². The van der Waals surface area contributed by atoms with Gasteiger partial charge in [0.25, 0.3) is 0 Å². The van der Waals surface area contributed by atoms with Gasteiger partial charge in [0.1, 0.15) is 5.76 Å². The molecule has 0 aromatic carbocycles. The molecule has 0 saturated heterocycles. The van der Waals surface area contributed by atoms with Crippen LogP contribution in [0.2, 0.25) is 0 Å². The van der Waals surface area contributed by atoms with Crippen LogP contribution in [0.5, 0.6) is 0 Å². The Morgan fingerprint density at radius 3 is 2.37 bits per heavy atom. The lowest BCUT2D eigenvalue weighted by molar-refractivity contribution is -0.00776. The summed E-state index contributed by atoms with van der Waals surface area (Å²) in [5.41, 5.74) is 7.31. The monoisotopic (exact) mass is 260 g/mol. The Bertz CT molecular complexity index is 430. The first-order chi connectivity index (χ1) is 9.29. The zero-order valence-electron chi connectivity index (χ0n) is 11.6. The van der Waals surface area contributed by atoms with Gasteiger partial charge in [-0.15, -0.1) is 0 Å². The molecule has 104 valence electrons. The van der Waals surface area contributed by atoms with Crippen molar-refractivity contribution in [2.75, 3.05) is 6.54 Å². The van der Waals surface area contributed by atoms with Crippen LogP contribution in [0.3, 0.4) is 0 Å². The summed E-state index contributed by atoms with van der Waals surface area (Å²) in [7, 11) is 0. The highest BCUT2D eigenvalue weighted by Crippen LogP contribution is 2.60. The van der Waals surface area contributed by atoms with Gasteiger partial charge >= 0.3 is 0 Å². The van der Waals surface area contributed by atoms with E-state index in [9.17, 15) is 0 Å². The molecule has 4 aliphatic rings. The lowest BCUT2D eigenvalue weighted by Gasteiger charge is -2.56. The molecule has 4 saturated carbocycles. The van der Waals surface area contributed by atoms with Crippen LogP contribution in [0.1, 0.15) is 56.4 Å². The maximum absolute atomic E-state index is 5.69. The van der Waals surface area contributed by atoms with Gasteiger partial charge in [0, 0.05) is 11.8 Å². The minimum atomic E-state index is 0.367. The molecule has 2 N–H and O–H groups in total. The summed E-state index contributed by atoms with van der Waals surface area (Å²) in [4.78, 5) is 4.65. The van der Waals surface area contributed by atoms with E-state index in [1.807, 2.05) is 0 Å². The van der Waals surface area contributed by atoms with E-state index >= 15 is 0 Å². The highest BCUT2D eigenvalue weighted by molar-refractivity contribution is 5.25. The first-order valence-corrected chi connectivity index (χ1v) is 7.92. The number of nitrogens with zero attached hydrogens (tertiary/aromatic N) is 1. The molecule has 0 radical (unpaired) electrons. The quantitative estimate of drug-likeness (QED) is 0.905. The second-order valence-corrected chi connectivity index (χ2v) is 7.21. The van der Waals surface area contributed by atoms with Gasteiger partial charge in [-0.05, 0) is 69.2 Å². The lowest BCUT2D eigenvalue weighted by atomic mass is 9.48. The zero-order valence-corrected chi connectivity index (χ0v) is 11.6. The van der Waals surface area contributed by atoms with Crippen molar-refractivity contribution in [3.8, 4) is 0 Å². The molecule has 0 amide bonds. The third kappa shape index (κ3) is 1.85. The molecule has 0 spiro atoms. The first-order valence-electron chi connectivity index (χ1n) is 7.92. The largest absolute Gasteiger partial charge is 0.448 e. The van der Waals surface area contributed by atoms with E-state index in [4.69, 9.17) is 10.2 Å². The Morgan fingerprint density at radius 1 is 1.16 bits per heavy atom. The number of oxazole rings is 1. The second kappa shape index (κ2) is 4.34. The summed E-state index contributed by atoms with van der Waals surface area (Å²) < 4.78 is 5.69. The van der Waals surface area contributed by atoms with E-state index in [-0.39, 0.29) is 0 Å². The van der Waals surface area contributed by atoms with Gasteiger partial charge in [0.15, 0.2) is 6.39 Å². The van der Waals surface area contributed by atoms with Crippen LogP contribution in [0.15, 0.2) is 10.8 Å². The Labute approximate surface area is 115 Å². The maximum Gasteiger partial charge on any atom is 0.181 e. The fourth-order valence-electron chi connectivity index (χ4n) is 5.54. The van der Waals surface area contributed by atoms with Gasteiger partial charge < -0.3 is 10.2 Å². The highest BCUT2D eigenvalue weighted by atomic mass is 16.3. The highest BCUT2D eigenvalue weighted by Gasteiger charge is 2.53. The van der Waals surface area contributed by atoms with Crippen LogP contribution in [-0.2, 0) is 11.8 Å². The van der Waals surface area contributed by atoms with Crippen molar-refractivity contribution in [1.29, 1.82) is 0 Å². The lowest BCUT2D eigenvalue weighted by Crippen LogP contribution is -2.49. The molecule has 0 atom stereocenters. The summed E-state index contributed by atoms with van der Waals surface area (Å²) in [6.45, 7) is 0.737. The zero-order chi connectivity index (χ0) is 12.9. The molecule has 5 rings (SSSR count). The van der Waals surface area contributed by atoms with Gasteiger partial charge in [0.2, 0.25) is 0 Å². The second-order valence-electron chi connectivity index (χ2n) is 7.21. The molecular weight excluding hydrogens is 236 g/mol. The summed E-state index contributed by atoms with van der Waals surface area (Å²) in [6.07, 6.45) is 12.2. The predicted octanol–water partition coefficient (Wildman–Crippen LogP) is 3.03. The van der Waals surface area contributed by atoms with Gasteiger partial charge in [-0.3, -0.25) is 0 Å². The van der Waals surface area contributed by atoms with Crippen LogP contribution >= 0.6 is 0 Å². The summed E-state index contributed by atoms with van der Waals surface area (Å²) in [5, 5.41) is 0. The molecule has 0 aliphatic heterocycles. The molecule has 1 heterocycles. The summed E-state index contributed by atoms with van der Waals surface area (Å²) >= 11 is 0. The van der Waals surface area contributed by atoms with E-state index in [1.54, 1.807) is 6.39 Å². The van der Waals surface area contributed by atoms with Crippen LogP contribution in [-0.4, -0.2) is 11.5 Å². The van der Waals surface area contributed by atoms with Gasteiger partial charge in [-0.1, -0.05) is 0 Å². The van der Waals surface area contributed by atoms with Gasteiger partial charge in [0.05, 0.1) is 5.69 Å².